The Bertz CT molecular complexity index is 1140. The van der Waals surface area contributed by atoms with Crippen molar-refractivity contribution in [1.82, 2.24) is 9.88 Å². The summed E-state index contributed by atoms with van der Waals surface area (Å²) in [7, 11) is -3.23. The molecule has 2 heterocycles. The zero-order valence-corrected chi connectivity index (χ0v) is 18.9. The second-order valence-corrected chi connectivity index (χ2v) is 10.5. The van der Waals surface area contributed by atoms with Gasteiger partial charge in [0.25, 0.3) is 5.91 Å². The van der Waals surface area contributed by atoms with Gasteiger partial charge >= 0.3 is 0 Å². The lowest BCUT2D eigenvalue weighted by molar-refractivity contribution is -0.137. The van der Waals surface area contributed by atoms with E-state index in [1.54, 1.807) is 24.3 Å². The minimum absolute atomic E-state index is 0.00565. The second kappa shape index (κ2) is 9.20. The number of sulfone groups is 1. The fourth-order valence-corrected chi connectivity index (χ4v) is 5.28. The number of carbonyl (C=O) groups is 1. The van der Waals surface area contributed by atoms with Crippen LogP contribution in [0.2, 0.25) is 0 Å². The number of rotatable bonds is 6. The van der Waals surface area contributed by atoms with Gasteiger partial charge in [0.2, 0.25) is 0 Å². The highest BCUT2D eigenvalue weighted by Gasteiger charge is 2.30. The van der Waals surface area contributed by atoms with Crippen molar-refractivity contribution in [1.29, 1.82) is 0 Å². The summed E-state index contributed by atoms with van der Waals surface area (Å²) in [4.78, 5) is 19.8. The molecule has 0 bridgehead atoms. The lowest BCUT2D eigenvalue weighted by atomic mass is 10.0. The number of amides is 1. The molecular formula is C23H24N2O4S2. The van der Waals surface area contributed by atoms with Crippen LogP contribution in [0.3, 0.4) is 0 Å². The van der Waals surface area contributed by atoms with Crippen molar-refractivity contribution in [2.45, 2.75) is 30.2 Å². The fraction of sp³-hybridized carbons (Fsp3) is 0.304. The summed E-state index contributed by atoms with van der Waals surface area (Å²) < 4.78 is 29.0. The average molecular weight is 457 g/mol. The molecular weight excluding hydrogens is 432 g/mol. The van der Waals surface area contributed by atoms with Crippen LogP contribution in [0.5, 0.6) is 5.75 Å². The number of piperidine rings is 1. The first-order chi connectivity index (χ1) is 14.9. The van der Waals surface area contributed by atoms with Gasteiger partial charge in [0.05, 0.1) is 16.6 Å². The van der Waals surface area contributed by atoms with E-state index in [1.807, 2.05) is 40.6 Å². The lowest BCUT2D eigenvalue weighted by Crippen LogP contribution is -2.41. The van der Waals surface area contributed by atoms with E-state index in [1.165, 1.54) is 17.6 Å². The lowest BCUT2D eigenvalue weighted by Gasteiger charge is -2.34. The van der Waals surface area contributed by atoms with E-state index in [4.69, 9.17) is 9.72 Å². The van der Waals surface area contributed by atoms with Gasteiger partial charge in [-0.1, -0.05) is 30.3 Å². The summed E-state index contributed by atoms with van der Waals surface area (Å²) in [6.07, 6.45) is 4.08. The Morgan fingerprint density at radius 2 is 1.87 bits per heavy atom. The normalized spacial score (nSPS) is 16.8. The first-order valence-corrected chi connectivity index (χ1v) is 12.9. The van der Waals surface area contributed by atoms with Crippen LogP contribution in [-0.2, 0) is 14.6 Å². The number of likely N-dealkylation sites (tertiary alicyclic amines) is 1. The smallest absolute Gasteiger partial charge is 0.261 e. The molecule has 0 aliphatic carbocycles. The third-order valence-corrected chi connectivity index (χ3v) is 7.39. The predicted molar refractivity (Wildman–Crippen MR) is 121 cm³/mol. The Morgan fingerprint density at radius 3 is 2.58 bits per heavy atom. The van der Waals surface area contributed by atoms with Crippen molar-refractivity contribution in [2.75, 3.05) is 19.4 Å². The summed E-state index contributed by atoms with van der Waals surface area (Å²) >= 11 is 1.53. The van der Waals surface area contributed by atoms with Crippen LogP contribution in [0.15, 0.2) is 64.9 Å². The summed E-state index contributed by atoms with van der Waals surface area (Å²) in [6, 6.07) is 16.0. The van der Waals surface area contributed by atoms with Crippen LogP contribution in [0.25, 0.3) is 11.3 Å². The molecule has 162 valence electrons. The zero-order chi connectivity index (χ0) is 21.8. The summed E-state index contributed by atoms with van der Waals surface area (Å²) in [5.41, 5.74) is 1.65. The number of hydrogen-bond acceptors (Lipinski definition) is 6. The average Bonchev–Trinajstić information content (AvgIpc) is 3.28. The molecule has 0 spiro atoms. The van der Waals surface area contributed by atoms with E-state index in [2.05, 4.69) is 0 Å². The second-order valence-electron chi connectivity index (χ2n) is 7.57. The molecule has 8 heteroatoms. The van der Waals surface area contributed by atoms with Gasteiger partial charge in [-0.05, 0) is 43.5 Å². The topological polar surface area (TPSA) is 76.6 Å². The first kappa shape index (κ1) is 21.5. The predicted octanol–water partition coefficient (Wildman–Crippen LogP) is 4.35. The van der Waals surface area contributed by atoms with Gasteiger partial charge < -0.3 is 9.64 Å². The summed E-state index contributed by atoms with van der Waals surface area (Å²) in [5, 5.41) is 2.86. The van der Waals surface area contributed by atoms with Crippen molar-refractivity contribution in [3.8, 4) is 17.0 Å². The first-order valence-electron chi connectivity index (χ1n) is 10.1. The maximum absolute atomic E-state index is 12.9. The van der Waals surface area contributed by atoms with Gasteiger partial charge in [-0.25, -0.2) is 13.4 Å². The number of para-hydroxylation sites is 1. The SMILES string of the molecule is CS(=O)(=O)c1ccc(-c2csc([C@H]3CCCCN3C(=O)COc3ccccc3)n2)cc1. The van der Waals surface area contributed by atoms with Crippen LogP contribution >= 0.6 is 11.3 Å². The van der Waals surface area contributed by atoms with Gasteiger partial charge in [0, 0.05) is 23.7 Å². The number of aromatic nitrogens is 1. The van der Waals surface area contributed by atoms with Crippen LogP contribution in [-0.4, -0.2) is 43.6 Å². The molecule has 0 radical (unpaired) electrons. The highest BCUT2D eigenvalue weighted by molar-refractivity contribution is 7.90. The molecule has 1 aromatic heterocycles. The van der Waals surface area contributed by atoms with Crippen molar-refractivity contribution < 1.29 is 17.9 Å². The highest BCUT2D eigenvalue weighted by atomic mass is 32.2. The third-order valence-electron chi connectivity index (χ3n) is 5.31. The third kappa shape index (κ3) is 5.14. The van der Waals surface area contributed by atoms with Crippen molar-refractivity contribution in [2.24, 2.45) is 0 Å². The van der Waals surface area contributed by atoms with Gasteiger partial charge in [0.1, 0.15) is 10.8 Å². The van der Waals surface area contributed by atoms with E-state index >= 15 is 0 Å². The van der Waals surface area contributed by atoms with Crippen LogP contribution in [0, 0.1) is 0 Å². The molecule has 4 rings (SSSR count). The Morgan fingerprint density at radius 1 is 1.13 bits per heavy atom. The van der Waals surface area contributed by atoms with Crippen LogP contribution < -0.4 is 4.74 Å². The molecule has 0 unspecified atom stereocenters. The Kier molecular flexibility index (Phi) is 6.38. The number of nitrogens with zero attached hydrogens (tertiary/aromatic N) is 2. The standard InChI is InChI=1S/C23H24N2O4S2/c1-31(27,28)19-12-10-17(11-13-19)20-16-30-23(24-20)21-9-5-6-14-25(21)22(26)15-29-18-7-3-2-4-8-18/h2-4,7-8,10-13,16,21H,5-6,9,14-15H2,1H3/t21-/m1/s1. The fourth-order valence-electron chi connectivity index (χ4n) is 3.68. The van der Waals surface area contributed by atoms with E-state index < -0.39 is 9.84 Å². The highest BCUT2D eigenvalue weighted by Crippen LogP contribution is 2.35. The molecule has 1 fully saturated rings. The molecule has 1 saturated heterocycles. The number of ether oxygens (including phenoxy) is 1. The van der Waals surface area contributed by atoms with Crippen molar-refractivity contribution in [3.05, 3.63) is 65.0 Å². The molecule has 0 N–H and O–H groups in total. The maximum atomic E-state index is 12.9. The Hall–Kier alpha value is -2.71. The maximum Gasteiger partial charge on any atom is 0.261 e. The number of thiazole rings is 1. The Labute approximate surface area is 186 Å². The molecule has 3 aromatic rings. The molecule has 1 amide bonds. The molecule has 2 aromatic carbocycles. The largest absolute Gasteiger partial charge is 0.484 e. The van der Waals surface area contributed by atoms with Crippen LogP contribution in [0.1, 0.15) is 30.3 Å². The molecule has 6 nitrogen and oxygen atoms in total. The number of carbonyl (C=O) groups excluding carboxylic acids is 1. The molecule has 0 saturated carbocycles. The van der Waals surface area contributed by atoms with E-state index in [9.17, 15) is 13.2 Å². The van der Waals surface area contributed by atoms with E-state index in [0.717, 1.165) is 35.5 Å². The zero-order valence-electron chi connectivity index (χ0n) is 17.2. The minimum Gasteiger partial charge on any atom is -0.484 e. The van der Waals surface area contributed by atoms with Gasteiger partial charge in [-0.15, -0.1) is 11.3 Å². The van der Waals surface area contributed by atoms with Crippen LogP contribution in [0.4, 0.5) is 0 Å². The Balaban J connectivity index is 1.48. The number of benzene rings is 2. The van der Waals surface area contributed by atoms with Gasteiger partial charge in [0.15, 0.2) is 16.4 Å². The summed E-state index contributed by atoms with van der Waals surface area (Å²) in [6.45, 7) is 0.700. The monoisotopic (exact) mass is 456 g/mol. The molecule has 1 atom stereocenters. The molecule has 1 aliphatic rings. The van der Waals surface area contributed by atoms with Crippen molar-refractivity contribution in [3.63, 3.8) is 0 Å². The molecule has 1 aliphatic heterocycles. The number of hydrogen-bond donors (Lipinski definition) is 0. The summed E-state index contributed by atoms with van der Waals surface area (Å²) in [5.74, 6) is 0.640. The molecule has 31 heavy (non-hydrogen) atoms. The van der Waals surface area contributed by atoms with Gasteiger partial charge in [-0.3, -0.25) is 4.79 Å². The van der Waals surface area contributed by atoms with Gasteiger partial charge in [-0.2, -0.15) is 0 Å². The quantitative estimate of drug-likeness (QED) is 0.551. The van der Waals surface area contributed by atoms with Crippen molar-refractivity contribution >= 4 is 27.1 Å². The minimum atomic E-state index is -3.23. The van der Waals surface area contributed by atoms with E-state index in [0.29, 0.717) is 12.3 Å². The van der Waals surface area contributed by atoms with E-state index in [-0.39, 0.29) is 23.5 Å².